The van der Waals surface area contributed by atoms with E-state index in [1.807, 2.05) is 55.2 Å². The Morgan fingerprint density at radius 3 is 2.49 bits per heavy atom. The molecule has 1 heterocycles. The Hall–Kier alpha value is -4.13. The Kier molecular flexibility index (Phi) is 6.60. The second-order valence-electron chi connectivity index (χ2n) is 9.00. The monoisotopic (exact) mass is 474 g/mol. The molecule has 7 heteroatoms. The lowest BCUT2D eigenvalue weighted by molar-refractivity contribution is -0.114. The minimum atomic E-state index is -1.09. The number of nitrogens with one attached hydrogen (secondary N) is 1. The molecule has 1 aliphatic rings. The van der Waals surface area contributed by atoms with E-state index in [9.17, 15) is 19.1 Å². The summed E-state index contributed by atoms with van der Waals surface area (Å²) in [5.74, 6) is -1.01. The van der Waals surface area contributed by atoms with Crippen molar-refractivity contribution in [1.82, 2.24) is 0 Å². The maximum atomic E-state index is 13.3. The molecular weight excluding hydrogens is 447 g/mol. The van der Waals surface area contributed by atoms with E-state index < -0.39 is 11.5 Å². The van der Waals surface area contributed by atoms with Gasteiger partial charge in [-0.2, -0.15) is 0 Å². The highest BCUT2D eigenvalue weighted by atomic mass is 19.1. The van der Waals surface area contributed by atoms with Crippen LogP contribution < -0.4 is 15.0 Å². The molecule has 0 fully saturated rings. The molecule has 1 amide bonds. The predicted octanol–water partition coefficient (Wildman–Crippen LogP) is 5.96. The van der Waals surface area contributed by atoms with Gasteiger partial charge in [-0.15, -0.1) is 0 Å². The molecule has 0 saturated carbocycles. The summed E-state index contributed by atoms with van der Waals surface area (Å²) in [5.41, 5.74) is 2.25. The van der Waals surface area contributed by atoms with Gasteiger partial charge in [0.1, 0.15) is 18.2 Å². The van der Waals surface area contributed by atoms with Crippen molar-refractivity contribution in [1.29, 1.82) is 0 Å². The highest BCUT2D eigenvalue weighted by Gasteiger charge is 2.38. The number of para-hydroxylation sites is 1. The van der Waals surface area contributed by atoms with Gasteiger partial charge < -0.3 is 20.1 Å². The van der Waals surface area contributed by atoms with Crippen LogP contribution in [0.5, 0.6) is 5.75 Å². The van der Waals surface area contributed by atoms with Crippen LogP contribution in [-0.4, -0.2) is 22.5 Å². The molecule has 35 heavy (non-hydrogen) atoms. The fourth-order valence-corrected chi connectivity index (χ4v) is 4.35. The second-order valence-corrected chi connectivity index (χ2v) is 9.00. The molecule has 0 bridgehead atoms. The van der Waals surface area contributed by atoms with Gasteiger partial charge >= 0.3 is 5.97 Å². The topological polar surface area (TPSA) is 78.9 Å². The van der Waals surface area contributed by atoms with Crippen molar-refractivity contribution in [3.05, 3.63) is 101 Å². The molecule has 0 radical (unpaired) electrons. The highest BCUT2D eigenvalue weighted by molar-refractivity contribution is 5.98. The molecule has 1 atom stereocenters. The Balaban J connectivity index is 1.71. The summed E-state index contributed by atoms with van der Waals surface area (Å²) in [7, 11) is 0. The number of hydrogen-bond acceptors (Lipinski definition) is 4. The van der Waals surface area contributed by atoms with Crippen molar-refractivity contribution in [2.75, 3.05) is 10.2 Å². The van der Waals surface area contributed by atoms with Crippen LogP contribution >= 0.6 is 0 Å². The Morgan fingerprint density at radius 1 is 1.09 bits per heavy atom. The minimum absolute atomic E-state index is 0.0859. The third kappa shape index (κ3) is 5.19. The summed E-state index contributed by atoms with van der Waals surface area (Å²) in [6.45, 7) is 5.67. The number of carboxylic acids is 1. The number of halogens is 1. The van der Waals surface area contributed by atoms with Crippen LogP contribution in [0.4, 0.5) is 15.8 Å². The number of hydrogen-bond donors (Lipinski definition) is 2. The Labute approximate surface area is 203 Å². The standard InChI is InChI=1S/C28H27FN2O4/c1-18(32)30-21-12-13-24(23(16-21)27(33)34)31-25(14-15-28(31,2)3)22-6-4-5-7-26(22)35-17-19-8-10-20(29)11-9-19/h4-16,25H,17H2,1-3H3,(H,30,32)(H,33,34). The van der Waals surface area contributed by atoms with Crippen LogP contribution in [0.2, 0.25) is 0 Å². The zero-order valence-corrected chi connectivity index (χ0v) is 19.8. The van der Waals surface area contributed by atoms with Crippen molar-refractivity contribution in [3.63, 3.8) is 0 Å². The van der Waals surface area contributed by atoms with E-state index in [1.54, 1.807) is 24.3 Å². The number of aromatic carboxylic acids is 1. The number of carbonyl (C=O) groups excluding carboxylic acids is 1. The van der Waals surface area contributed by atoms with Gasteiger partial charge in [-0.05, 0) is 55.8 Å². The number of amides is 1. The molecule has 6 nitrogen and oxygen atoms in total. The number of ether oxygens (including phenoxy) is 1. The molecule has 3 aromatic rings. The number of carbonyl (C=O) groups is 2. The zero-order chi connectivity index (χ0) is 25.2. The average Bonchev–Trinajstić information content (AvgIpc) is 3.13. The van der Waals surface area contributed by atoms with E-state index in [2.05, 4.69) is 5.32 Å². The number of carboxylic acid groups (broad SMARTS) is 1. The second kappa shape index (κ2) is 9.62. The maximum Gasteiger partial charge on any atom is 0.337 e. The molecular formula is C28H27FN2O4. The van der Waals surface area contributed by atoms with Crippen LogP contribution in [0.25, 0.3) is 0 Å². The van der Waals surface area contributed by atoms with Gasteiger partial charge in [0.05, 0.1) is 22.8 Å². The van der Waals surface area contributed by atoms with Gasteiger partial charge in [-0.25, -0.2) is 9.18 Å². The van der Waals surface area contributed by atoms with Gasteiger partial charge in [0.25, 0.3) is 0 Å². The van der Waals surface area contributed by atoms with E-state index in [0.29, 0.717) is 17.1 Å². The smallest absolute Gasteiger partial charge is 0.337 e. The average molecular weight is 475 g/mol. The molecule has 0 spiro atoms. The lowest BCUT2D eigenvalue weighted by atomic mass is 9.99. The summed E-state index contributed by atoms with van der Waals surface area (Å²) in [6, 6.07) is 18.4. The molecule has 180 valence electrons. The number of anilines is 2. The van der Waals surface area contributed by atoms with Crippen LogP contribution in [0, 0.1) is 5.82 Å². The van der Waals surface area contributed by atoms with Crippen LogP contribution in [0.3, 0.4) is 0 Å². The van der Waals surface area contributed by atoms with Crippen molar-refractivity contribution in [3.8, 4) is 5.75 Å². The van der Waals surface area contributed by atoms with Crippen LogP contribution in [0.1, 0.15) is 48.3 Å². The first kappa shape index (κ1) is 24.0. The highest BCUT2D eigenvalue weighted by Crippen LogP contribution is 2.45. The third-order valence-corrected chi connectivity index (χ3v) is 5.94. The summed E-state index contributed by atoms with van der Waals surface area (Å²) >= 11 is 0. The van der Waals surface area contributed by atoms with Crippen molar-refractivity contribution in [2.24, 2.45) is 0 Å². The van der Waals surface area contributed by atoms with E-state index in [4.69, 9.17) is 4.74 Å². The molecule has 1 unspecified atom stereocenters. The number of rotatable bonds is 7. The third-order valence-electron chi connectivity index (χ3n) is 5.94. The van der Waals surface area contributed by atoms with Gasteiger partial charge in [0, 0.05) is 18.2 Å². The fraction of sp³-hybridized carbons (Fsp3) is 0.214. The quantitative estimate of drug-likeness (QED) is 0.413. The normalized spacial score (nSPS) is 16.2. The van der Waals surface area contributed by atoms with Crippen molar-refractivity contribution < 1.29 is 23.8 Å². The Morgan fingerprint density at radius 2 is 1.80 bits per heavy atom. The van der Waals surface area contributed by atoms with Crippen molar-refractivity contribution >= 4 is 23.3 Å². The lowest BCUT2D eigenvalue weighted by Crippen LogP contribution is -2.41. The first-order valence-corrected chi connectivity index (χ1v) is 11.3. The summed E-state index contributed by atoms with van der Waals surface area (Å²) in [6.07, 6.45) is 4.08. The van der Waals surface area contributed by atoms with E-state index in [1.165, 1.54) is 25.1 Å². The SMILES string of the molecule is CC(=O)Nc1ccc(N2C(c3ccccc3OCc3ccc(F)cc3)C=CC2(C)C)c(C(=O)O)c1. The predicted molar refractivity (Wildman–Crippen MR) is 133 cm³/mol. The zero-order valence-electron chi connectivity index (χ0n) is 19.8. The van der Waals surface area contributed by atoms with Gasteiger partial charge in [0.15, 0.2) is 0 Å². The van der Waals surface area contributed by atoms with E-state index in [0.717, 1.165) is 11.1 Å². The van der Waals surface area contributed by atoms with E-state index in [-0.39, 0.29) is 29.9 Å². The first-order valence-electron chi connectivity index (χ1n) is 11.3. The summed E-state index contributed by atoms with van der Waals surface area (Å²) < 4.78 is 19.4. The van der Waals surface area contributed by atoms with Gasteiger partial charge in [-0.3, -0.25) is 4.79 Å². The largest absolute Gasteiger partial charge is 0.489 e. The number of nitrogens with zero attached hydrogens (tertiary/aromatic N) is 1. The Bertz CT molecular complexity index is 1280. The molecule has 0 aromatic heterocycles. The fourth-order valence-electron chi connectivity index (χ4n) is 4.35. The molecule has 4 rings (SSSR count). The lowest BCUT2D eigenvalue weighted by Gasteiger charge is -2.39. The molecule has 0 aliphatic carbocycles. The molecule has 2 N–H and O–H groups in total. The molecule has 1 aliphatic heterocycles. The van der Waals surface area contributed by atoms with E-state index >= 15 is 0 Å². The number of benzene rings is 3. The maximum absolute atomic E-state index is 13.3. The minimum Gasteiger partial charge on any atom is -0.489 e. The summed E-state index contributed by atoms with van der Waals surface area (Å²) in [4.78, 5) is 25.7. The van der Waals surface area contributed by atoms with Crippen LogP contribution in [-0.2, 0) is 11.4 Å². The van der Waals surface area contributed by atoms with Crippen molar-refractivity contribution in [2.45, 2.75) is 39.0 Å². The first-order chi connectivity index (χ1) is 16.7. The van der Waals surface area contributed by atoms with Gasteiger partial charge in [0.2, 0.25) is 5.91 Å². The van der Waals surface area contributed by atoms with Crippen LogP contribution in [0.15, 0.2) is 78.9 Å². The molecule has 0 saturated heterocycles. The summed E-state index contributed by atoms with van der Waals surface area (Å²) in [5, 5.41) is 12.6. The van der Waals surface area contributed by atoms with Gasteiger partial charge in [-0.1, -0.05) is 42.5 Å². The molecule has 3 aromatic carbocycles.